The molecule has 0 amide bonds. The van der Waals surface area contributed by atoms with Crippen molar-refractivity contribution in [2.24, 2.45) is 0 Å². The van der Waals surface area contributed by atoms with Crippen LogP contribution < -0.4 is 0 Å². The van der Waals surface area contributed by atoms with Crippen LogP contribution >= 0.6 is 0 Å². The van der Waals surface area contributed by atoms with Gasteiger partial charge in [0.2, 0.25) is 0 Å². The van der Waals surface area contributed by atoms with Gasteiger partial charge in [0.25, 0.3) is 0 Å². The summed E-state index contributed by atoms with van der Waals surface area (Å²) < 4.78 is 11.3. The van der Waals surface area contributed by atoms with Gasteiger partial charge in [-0.2, -0.15) is 0 Å². The number of rotatable bonds is 4. The number of aryl methyl sites for hydroxylation is 1. The molecule has 2 aromatic carbocycles. The molecule has 170 valence electrons. The molecular weight excluding hydrogens is 408 g/mol. The normalized spacial score (nSPS) is 30.0. The summed E-state index contributed by atoms with van der Waals surface area (Å²) in [4.78, 5) is 0. The lowest BCUT2D eigenvalue weighted by molar-refractivity contribution is -0.231. The number of aliphatic hydroxyl groups excluding tert-OH is 4. The zero-order valence-corrected chi connectivity index (χ0v) is 18.1. The summed E-state index contributed by atoms with van der Waals surface area (Å²) in [6.45, 7) is 2.37. The van der Waals surface area contributed by atoms with Crippen LogP contribution in [-0.2, 0) is 15.9 Å². The largest absolute Gasteiger partial charge is 0.394 e. The lowest BCUT2D eigenvalue weighted by Gasteiger charge is -2.40. The molecule has 2 saturated heterocycles. The maximum Gasteiger partial charge on any atom is 0.118 e. The van der Waals surface area contributed by atoms with E-state index >= 15 is 0 Å². The summed E-state index contributed by atoms with van der Waals surface area (Å²) in [5.74, 6) is 6.35. The molecule has 2 aliphatic rings. The molecule has 2 fully saturated rings. The molecule has 6 atom stereocenters. The predicted octanol–water partition coefficient (Wildman–Crippen LogP) is 1.63. The number of benzene rings is 2. The van der Waals surface area contributed by atoms with E-state index in [1.54, 1.807) is 0 Å². The van der Waals surface area contributed by atoms with Gasteiger partial charge in [0, 0.05) is 12.2 Å². The van der Waals surface area contributed by atoms with Gasteiger partial charge in [-0.15, -0.1) is 0 Å². The maximum atomic E-state index is 10.4. The van der Waals surface area contributed by atoms with Gasteiger partial charge >= 0.3 is 0 Å². The standard InChI is InChI=1S/C26H30O6/c1-16-4-10-19(26-25(30)24(29)23(28)22(15-27)32-26)14-20(16)13-18-7-5-17(6-8-18)9-11-21-3-2-12-31-21/h4-8,10,14,21-30H,2-3,12-13,15H2,1H3/t21?,22-,23-,24+,25-,26+/m1/s1. The van der Waals surface area contributed by atoms with Crippen molar-refractivity contribution in [1.29, 1.82) is 0 Å². The highest BCUT2D eigenvalue weighted by molar-refractivity contribution is 5.41. The summed E-state index contributed by atoms with van der Waals surface area (Å²) in [6, 6.07) is 13.9. The van der Waals surface area contributed by atoms with Gasteiger partial charge in [0.15, 0.2) is 0 Å². The zero-order valence-electron chi connectivity index (χ0n) is 18.1. The van der Waals surface area contributed by atoms with Gasteiger partial charge in [-0.25, -0.2) is 0 Å². The van der Waals surface area contributed by atoms with Crippen molar-refractivity contribution in [3.63, 3.8) is 0 Å². The van der Waals surface area contributed by atoms with Gasteiger partial charge < -0.3 is 29.9 Å². The number of aliphatic hydroxyl groups is 4. The molecule has 0 radical (unpaired) electrons. The molecule has 1 unspecified atom stereocenters. The second-order valence-electron chi connectivity index (χ2n) is 8.58. The summed E-state index contributed by atoms with van der Waals surface area (Å²) in [5, 5.41) is 40.0. The minimum atomic E-state index is -1.39. The Kier molecular flexibility index (Phi) is 7.27. The molecule has 0 aromatic heterocycles. The molecule has 6 nitrogen and oxygen atoms in total. The van der Waals surface area contributed by atoms with Crippen molar-refractivity contribution in [2.75, 3.05) is 13.2 Å². The minimum absolute atomic E-state index is 0.0440. The van der Waals surface area contributed by atoms with Gasteiger partial charge in [0.05, 0.1) is 6.61 Å². The van der Waals surface area contributed by atoms with Gasteiger partial charge in [-0.05, 0) is 60.6 Å². The van der Waals surface area contributed by atoms with Crippen LogP contribution in [0.1, 0.15) is 46.8 Å². The van der Waals surface area contributed by atoms with E-state index in [2.05, 4.69) is 24.0 Å². The molecule has 6 heteroatoms. The third-order valence-electron chi connectivity index (χ3n) is 6.25. The first kappa shape index (κ1) is 22.9. The van der Waals surface area contributed by atoms with Crippen LogP contribution in [0.25, 0.3) is 0 Å². The van der Waals surface area contributed by atoms with E-state index in [9.17, 15) is 20.4 Å². The fourth-order valence-electron chi connectivity index (χ4n) is 4.22. The number of ether oxygens (including phenoxy) is 2. The second kappa shape index (κ2) is 10.1. The third-order valence-corrected chi connectivity index (χ3v) is 6.25. The highest BCUT2D eigenvalue weighted by Crippen LogP contribution is 2.33. The smallest absolute Gasteiger partial charge is 0.118 e. The van der Waals surface area contributed by atoms with Crippen molar-refractivity contribution in [2.45, 2.75) is 62.8 Å². The fraction of sp³-hybridized carbons (Fsp3) is 0.462. The monoisotopic (exact) mass is 438 g/mol. The first-order chi connectivity index (χ1) is 15.5. The molecule has 0 aliphatic carbocycles. The predicted molar refractivity (Wildman–Crippen MR) is 119 cm³/mol. The second-order valence-corrected chi connectivity index (χ2v) is 8.58. The van der Waals surface area contributed by atoms with Crippen LogP contribution in [0.3, 0.4) is 0 Å². The lowest BCUT2D eigenvalue weighted by Crippen LogP contribution is -2.55. The SMILES string of the molecule is Cc1ccc([C@@H]2O[C@H](CO)[C@@H](O)[C@H](O)[C@H]2O)cc1Cc1ccc(C#CC2CCCO2)cc1. The van der Waals surface area contributed by atoms with Gasteiger partial charge in [-0.3, -0.25) is 0 Å². The number of hydrogen-bond donors (Lipinski definition) is 4. The molecule has 2 aromatic rings. The van der Waals surface area contributed by atoms with Crippen LogP contribution in [0, 0.1) is 18.8 Å². The van der Waals surface area contributed by atoms with E-state index in [4.69, 9.17) is 9.47 Å². The third kappa shape index (κ3) is 5.05. The van der Waals surface area contributed by atoms with Crippen LogP contribution in [0.2, 0.25) is 0 Å². The van der Waals surface area contributed by atoms with E-state index in [0.29, 0.717) is 12.0 Å². The van der Waals surface area contributed by atoms with Crippen molar-refractivity contribution < 1.29 is 29.9 Å². The first-order valence-corrected chi connectivity index (χ1v) is 11.1. The first-order valence-electron chi connectivity index (χ1n) is 11.1. The summed E-state index contributed by atoms with van der Waals surface area (Å²) in [6.07, 6.45) is -3.00. The van der Waals surface area contributed by atoms with E-state index < -0.39 is 37.1 Å². The van der Waals surface area contributed by atoms with Gasteiger partial charge in [0.1, 0.15) is 36.6 Å². The Bertz CT molecular complexity index is 968. The Morgan fingerprint density at radius 1 is 1.00 bits per heavy atom. The molecule has 0 saturated carbocycles. The molecule has 0 bridgehead atoms. The van der Waals surface area contributed by atoms with Crippen molar-refractivity contribution in [1.82, 2.24) is 0 Å². The average molecular weight is 439 g/mol. The highest BCUT2D eigenvalue weighted by Gasteiger charge is 2.43. The molecule has 2 heterocycles. The van der Waals surface area contributed by atoms with Crippen molar-refractivity contribution >= 4 is 0 Å². The number of hydrogen-bond acceptors (Lipinski definition) is 6. The van der Waals surface area contributed by atoms with Crippen LogP contribution in [0.4, 0.5) is 0 Å². The quantitative estimate of drug-likeness (QED) is 0.542. The Balaban J connectivity index is 1.49. The Hall–Kier alpha value is -2.24. The Morgan fingerprint density at radius 3 is 2.47 bits per heavy atom. The molecule has 32 heavy (non-hydrogen) atoms. The van der Waals surface area contributed by atoms with E-state index in [1.807, 2.05) is 37.3 Å². The minimum Gasteiger partial charge on any atom is -0.394 e. The van der Waals surface area contributed by atoms with Crippen molar-refractivity contribution in [3.8, 4) is 11.8 Å². The van der Waals surface area contributed by atoms with E-state index in [-0.39, 0.29) is 6.10 Å². The van der Waals surface area contributed by atoms with Crippen molar-refractivity contribution in [3.05, 3.63) is 70.3 Å². The highest BCUT2D eigenvalue weighted by atomic mass is 16.5. The fourth-order valence-corrected chi connectivity index (χ4v) is 4.22. The summed E-state index contributed by atoms with van der Waals surface area (Å²) in [7, 11) is 0. The van der Waals surface area contributed by atoms with E-state index in [1.165, 1.54) is 0 Å². The Morgan fingerprint density at radius 2 is 1.78 bits per heavy atom. The van der Waals surface area contributed by atoms with Gasteiger partial charge in [-0.1, -0.05) is 42.2 Å². The molecular formula is C26H30O6. The maximum absolute atomic E-state index is 10.4. The molecule has 0 spiro atoms. The summed E-state index contributed by atoms with van der Waals surface area (Å²) in [5.41, 5.74) is 4.94. The zero-order chi connectivity index (χ0) is 22.7. The lowest BCUT2D eigenvalue weighted by atomic mass is 9.89. The van der Waals surface area contributed by atoms with E-state index in [0.717, 1.165) is 41.7 Å². The Labute approximate surface area is 188 Å². The topological polar surface area (TPSA) is 99.4 Å². The van der Waals surface area contributed by atoms with Crippen LogP contribution in [0.5, 0.6) is 0 Å². The van der Waals surface area contributed by atoms with Crippen LogP contribution in [-0.4, -0.2) is 64.2 Å². The molecule has 4 rings (SSSR count). The van der Waals surface area contributed by atoms with Crippen LogP contribution in [0.15, 0.2) is 42.5 Å². The molecule has 2 aliphatic heterocycles. The average Bonchev–Trinajstić information content (AvgIpc) is 3.33. The summed E-state index contributed by atoms with van der Waals surface area (Å²) >= 11 is 0. The molecule has 4 N–H and O–H groups in total.